The van der Waals surface area contributed by atoms with Gasteiger partial charge in [0.15, 0.2) is 0 Å². The second-order valence-corrected chi connectivity index (χ2v) is 7.09. The lowest BCUT2D eigenvalue weighted by molar-refractivity contribution is 0.0618. The Balaban J connectivity index is 2.23. The van der Waals surface area contributed by atoms with E-state index in [4.69, 9.17) is 11.6 Å². The van der Waals surface area contributed by atoms with Crippen LogP contribution in [-0.4, -0.2) is 29.6 Å². The number of nitrogens with one attached hydrogen (secondary N) is 1. The molecule has 2 rings (SSSR count). The van der Waals surface area contributed by atoms with Crippen LogP contribution < -0.4 is 5.32 Å². The van der Waals surface area contributed by atoms with Crippen molar-refractivity contribution in [1.29, 1.82) is 0 Å². The summed E-state index contributed by atoms with van der Waals surface area (Å²) in [4.78, 5) is 2.35. The summed E-state index contributed by atoms with van der Waals surface area (Å²) < 4.78 is 14.0. The number of halogens is 2. The summed E-state index contributed by atoms with van der Waals surface area (Å²) in [7, 11) is 0. The van der Waals surface area contributed by atoms with Crippen molar-refractivity contribution in [2.45, 2.75) is 45.8 Å². The Labute approximate surface area is 126 Å². The second kappa shape index (κ2) is 6.00. The highest BCUT2D eigenvalue weighted by Crippen LogP contribution is 2.26. The van der Waals surface area contributed by atoms with Gasteiger partial charge in [0.1, 0.15) is 5.82 Å². The predicted octanol–water partition coefficient (Wildman–Crippen LogP) is 3.69. The fraction of sp³-hybridized carbons (Fsp3) is 0.625. The SMILES string of the molecule is CC(C)C1CNC(C)(C)CN1Cc1c(F)cccc1Cl. The maximum atomic E-state index is 14.0. The zero-order valence-corrected chi connectivity index (χ0v) is 13.5. The quantitative estimate of drug-likeness (QED) is 0.915. The third-order valence-corrected chi connectivity index (χ3v) is 4.40. The van der Waals surface area contributed by atoms with Crippen LogP contribution in [-0.2, 0) is 6.54 Å². The fourth-order valence-electron chi connectivity index (χ4n) is 2.91. The molecular weight excluding hydrogens is 275 g/mol. The van der Waals surface area contributed by atoms with E-state index in [-0.39, 0.29) is 11.4 Å². The first kappa shape index (κ1) is 15.7. The van der Waals surface area contributed by atoms with Crippen LogP contribution in [0.25, 0.3) is 0 Å². The third-order valence-electron chi connectivity index (χ3n) is 4.05. The Kier molecular flexibility index (Phi) is 4.73. The maximum Gasteiger partial charge on any atom is 0.129 e. The van der Waals surface area contributed by atoms with Crippen molar-refractivity contribution in [1.82, 2.24) is 10.2 Å². The molecule has 1 aromatic carbocycles. The van der Waals surface area contributed by atoms with Crippen molar-refractivity contribution < 1.29 is 4.39 Å². The second-order valence-electron chi connectivity index (χ2n) is 6.68. The standard InChI is InChI=1S/C16H24ClFN2/c1-11(2)15-8-19-16(3,4)10-20(15)9-12-13(17)6-5-7-14(12)18/h5-7,11,15,19H,8-10H2,1-4H3. The molecule has 4 heteroatoms. The van der Waals surface area contributed by atoms with E-state index in [1.165, 1.54) is 6.07 Å². The molecule has 0 spiro atoms. The van der Waals surface area contributed by atoms with Crippen molar-refractivity contribution in [2.24, 2.45) is 5.92 Å². The van der Waals surface area contributed by atoms with Crippen molar-refractivity contribution in [3.8, 4) is 0 Å². The van der Waals surface area contributed by atoms with E-state index in [1.807, 2.05) is 0 Å². The summed E-state index contributed by atoms with van der Waals surface area (Å²) >= 11 is 6.16. The lowest BCUT2D eigenvalue weighted by Crippen LogP contribution is -2.62. The molecular formula is C16H24ClFN2. The van der Waals surface area contributed by atoms with Crippen LogP contribution >= 0.6 is 11.6 Å². The summed E-state index contributed by atoms with van der Waals surface area (Å²) in [5.74, 6) is 0.306. The molecule has 0 saturated carbocycles. The van der Waals surface area contributed by atoms with Gasteiger partial charge >= 0.3 is 0 Å². The van der Waals surface area contributed by atoms with Crippen molar-refractivity contribution in [3.05, 3.63) is 34.6 Å². The lowest BCUT2D eigenvalue weighted by Gasteiger charge is -2.46. The molecule has 1 saturated heterocycles. The molecule has 112 valence electrons. The van der Waals surface area contributed by atoms with E-state index in [1.54, 1.807) is 12.1 Å². The molecule has 1 aromatic rings. The minimum atomic E-state index is -0.212. The summed E-state index contributed by atoms with van der Waals surface area (Å²) in [6.45, 7) is 11.2. The topological polar surface area (TPSA) is 15.3 Å². The van der Waals surface area contributed by atoms with E-state index in [0.717, 1.165) is 13.1 Å². The van der Waals surface area contributed by atoms with Crippen LogP contribution in [0.3, 0.4) is 0 Å². The van der Waals surface area contributed by atoms with Crippen LogP contribution in [0.15, 0.2) is 18.2 Å². The first-order valence-corrected chi connectivity index (χ1v) is 7.60. The summed E-state index contributed by atoms with van der Waals surface area (Å²) in [5.41, 5.74) is 0.654. The number of rotatable bonds is 3. The fourth-order valence-corrected chi connectivity index (χ4v) is 3.13. The molecule has 1 aliphatic rings. The summed E-state index contributed by atoms with van der Waals surface area (Å²) in [5, 5.41) is 4.08. The molecule has 1 aliphatic heterocycles. The highest BCUT2D eigenvalue weighted by atomic mass is 35.5. The molecule has 0 bridgehead atoms. The number of hydrogen-bond donors (Lipinski definition) is 1. The molecule has 1 atom stereocenters. The van der Waals surface area contributed by atoms with Crippen LogP contribution in [0, 0.1) is 11.7 Å². The van der Waals surface area contributed by atoms with E-state index in [0.29, 0.717) is 29.1 Å². The number of benzene rings is 1. The molecule has 1 fully saturated rings. The lowest BCUT2D eigenvalue weighted by atomic mass is 9.92. The Morgan fingerprint density at radius 2 is 2.15 bits per heavy atom. The number of piperazine rings is 1. The minimum Gasteiger partial charge on any atom is -0.309 e. The van der Waals surface area contributed by atoms with Crippen LogP contribution in [0.1, 0.15) is 33.3 Å². The molecule has 0 radical (unpaired) electrons. The summed E-state index contributed by atoms with van der Waals surface area (Å²) in [6, 6.07) is 5.30. The van der Waals surface area contributed by atoms with Gasteiger partial charge in [0.2, 0.25) is 0 Å². The Morgan fingerprint density at radius 1 is 1.45 bits per heavy atom. The first-order valence-electron chi connectivity index (χ1n) is 7.22. The maximum absolute atomic E-state index is 14.0. The van der Waals surface area contributed by atoms with E-state index in [9.17, 15) is 4.39 Å². The number of hydrogen-bond acceptors (Lipinski definition) is 2. The molecule has 0 amide bonds. The van der Waals surface area contributed by atoms with E-state index in [2.05, 4.69) is 37.9 Å². The van der Waals surface area contributed by atoms with Gasteiger partial charge in [-0.2, -0.15) is 0 Å². The molecule has 1 heterocycles. The highest BCUT2D eigenvalue weighted by molar-refractivity contribution is 6.31. The minimum absolute atomic E-state index is 0.0448. The largest absolute Gasteiger partial charge is 0.309 e. The molecule has 1 N–H and O–H groups in total. The van der Waals surface area contributed by atoms with Crippen LogP contribution in [0.5, 0.6) is 0 Å². The Morgan fingerprint density at radius 3 is 2.75 bits per heavy atom. The van der Waals surface area contributed by atoms with Crippen molar-refractivity contribution in [2.75, 3.05) is 13.1 Å². The predicted molar refractivity (Wildman–Crippen MR) is 82.5 cm³/mol. The number of nitrogens with zero attached hydrogens (tertiary/aromatic N) is 1. The highest BCUT2D eigenvalue weighted by Gasteiger charge is 2.34. The third kappa shape index (κ3) is 3.51. The van der Waals surface area contributed by atoms with E-state index < -0.39 is 0 Å². The Bertz CT molecular complexity index is 453. The van der Waals surface area contributed by atoms with Crippen molar-refractivity contribution >= 4 is 11.6 Å². The van der Waals surface area contributed by atoms with Gasteiger partial charge in [0.05, 0.1) is 0 Å². The molecule has 1 unspecified atom stereocenters. The van der Waals surface area contributed by atoms with Gasteiger partial charge in [0.25, 0.3) is 0 Å². The van der Waals surface area contributed by atoms with Gasteiger partial charge in [0, 0.05) is 41.8 Å². The molecule has 20 heavy (non-hydrogen) atoms. The van der Waals surface area contributed by atoms with Crippen LogP contribution in [0.2, 0.25) is 5.02 Å². The van der Waals surface area contributed by atoms with Crippen molar-refractivity contribution in [3.63, 3.8) is 0 Å². The van der Waals surface area contributed by atoms with Crippen LogP contribution in [0.4, 0.5) is 4.39 Å². The Hall–Kier alpha value is -0.640. The average molecular weight is 299 g/mol. The summed E-state index contributed by atoms with van der Waals surface area (Å²) in [6.07, 6.45) is 0. The molecule has 0 aliphatic carbocycles. The van der Waals surface area contributed by atoms with Gasteiger partial charge in [-0.1, -0.05) is 31.5 Å². The first-order chi connectivity index (χ1) is 9.30. The average Bonchev–Trinajstić information content (AvgIpc) is 2.32. The van der Waals surface area contributed by atoms with E-state index >= 15 is 0 Å². The molecule has 2 nitrogen and oxygen atoms in total. The van der Waals surface area contributed by atoms with Gasteiger partial charge in [-0.15, -0.1) is 0 Å². The van der Waals surface area contributed by atoms with Gasteiger partial charge in [-0.3, -0.25) is 4.90 Å². The zero-order valence-electron chi connectivity index (χ0n) is 12.7. The smallest absolute Gasteiger partial charge is 0.129 e. The van der Waals surface area contributed by atoms with Gasteiger partial charge < -0.3 is 5.32 Å². The van der Waals surface area contributed by atoms with Gasteiger partial charge in [-0.05, 0) is 31.9 Å². The molecule has 0 aromatic heterocycles. The zero-order chi connectivity index (χ0) is 14.9. The monoisotopic (exact) mass is 298 g/mol. The normalized spacial score (nSPS) is 23.2. The van der Waals surface area contributed by atoms with Gasteiger partial charge in [-0.25, -0.2) is 4.39 Å².